The molecule has 1 aromatic heterocycles. The number of nitrogens with zero attached hydrogens (tertiary/aromatic N) is 1. The minimum atomic E-state index is -0.127. The molecule has 2 aromatic rings. The number of aryl methyl sites for hydroxylation is 1. The first-order valence-corrected chi connectivity index (χ1v) is 6.21. The molecule has 0 unspecified atom stereocenters. The number of carbonyl (C=O) groups excluding carboxylic acids is 1. The number of nitrogens with two attached hydrogens (primary N) is 1. The Morgan fingerprint density at radius 3 is 2.68 bits per heavy atom. The van der Waals surface area contributed by atoms with E-state index in [2.05, 4.69) is 0 Å². The van der Waals surface area contributed by atoms with Crippen LogP contribution < -0.4 is 5.73 Å². The van der Waals surface area contributed by atoms with E-state index in [1.807, 2.05) is 19.1 Å². The highest BCUT2D eigenvalue weighted by Crippen LogP contribution is 2.20. The van der Waals surface area contributed by atoms with Crippen LogP contribution in [-0.2, 0) is 6.54 Å². The van der Waals surface area contributed by atoms with Gasteiger partial charge in [-0.1, -0.05) is 11.6 Å². The summed E-state index contributed by atoms with van der Waals surface area (Å²) in [4.78, 5) is 13.8. The zero-order valence-corrected chi connectivity index (χ0v) is 11.6. The summed E-state index contributed by atoms with van der Waals surface area (Å²) in [7, 11) is 1.71. The van der Waals surface area contributed by atoms with Crippen LogP contribution in [0.25, 0.3) is 0 Å². The fraction of sp³-hybridized carbons (Fsp3) is 0.214. The molecule has 0 aliphatic rings. The number of nitrogen functional groups attached to an aromatic ring is 1. The van der Waals surface area contributed by atoms with Crippen molar-refractivity contribution in [3.8, 4) is 0 Å². The SMILES string of the molecule is Cc1ccc(CN(C)C(=O)c2ccc(Cl)c(N)c2)o1. The highest BCUT2D eigenvalue weighted by Gasteiger charge is 2.14. The minimum Gasteiger partial charge on any atom is -0.464 e. The quantitative estimate of drug-likeness (QED) is 0.878. The normalized spacial score (nSPS) is 10.5. The predicted octanol–water partition coefficient (Wildman–Crippen LogP) is 3.10. The van der Waals surface area contributed by atoms with Gasteiger partial charge in [0.05, 0.1) is 17.3 Å². The first-order valence-electron chi connectivity index (χ1n) is 5.83. The summed E-state index contributed by atoms with van der Waals surface area (Å²) < 4.78 is 5.44. The average Bonchev–Trinajstić information content (AvgIpc) is 2.77. The number of halogens is 1. The lowest BCUT2D eigenvalue weighted by Gasteiger charge is -2.16. The Hall–Kier alpha value is -1.94. The Bertz CT molecular complexity index is 607. The second-order valence-electron chi connectivity index (χ2n) is 4.41. The summed E-state index contributed by atoms with van der Waals surface area (Å²) in [6, 6.07) is 8.58. The Morgan fingerprint density at radius 2 is 2.11 bits per heavy atom. The third-order valence-corrected chi connectivity index (χ3v) is 3.12. The molecule has 0 fully saturated rings. The summed E-state index contributed by atoms with van der Waals surface area (Å²) in [5.74, 6) is 1.44. The van der Waals surface area contributed by atoms with E-state index in [-0.39, 0.29) is 5.91 Å². The van der Waals surface area contributed by atoms with Gasteiger partial charge in [0.2, 0.25) is 0 Å². The van der Waals surface area contributed by atoms with Gasteiger partial charge in [0.25, 0.3) is 5.91 Å². The smallest absolute Gasteiger partial charge is 0.254 e. The maximum atomic E-state index is 12.2. The molecule has 100 valence electrons. The van der Waals surface area contributed by atoms with Gasteiger partial charge in [-0.05, 0) is 37.3 Å². The second-order valence-corrected chi connectivity index (χ2v) is 4.82. The molecule has 0 atom stereocenters. The molecule has 19 heavy (non-hydrogen) atoms. The second kappa shape index (κ2) is 5.36. The molecule has 0 bridgehead atoms. The molecule has 0 radical (unpaired) electrons. The first-order chi connectivity index (χ1) is 8.97. The van der Waals surface area contributed by atoms with E-state index in [1.54, 1.807) is 30.1 Å². The van der Waals surface area contributed by atoms with Gasteiger partial charge < -0.3 is 15.1 Å². The van der Waals surface area contributed by atoms with Crippen LogP contribution in [-0.4, -0.2) is 17.9 Å². The van der Waals surface area contributed by atoms with E-state index < -0.39 is 0 Å². The van der Waals surface area contributed by atoms with Gasteiger partial charge in [0.15, 0.2) is 0 Å². The van der Waals surface area contributed by atoms with Gasteiger partial charge in [-0.2, -0.15) is 0 Å². The highest BCUT2D eigenvalue weighted by molar-refractivity contribution is 6.33. The van der Waals surface area contributed by atoms with E-state index >= 15 is 0 Å². The molecule has 0 spiro atoms. The summed E-state index contributed by atoms with van der Waals surface area (Å²) in [6.07, 6.45) is 0. The van der Waals surface area contributed by atoms with E-state index in [4.69, 9.17) is 21.8 Å². The molecule has 5 heteroatoms. The van der Waals surface area contributed by atoms with Crippen LogP contribution in [0, 0.1) is 6.92 Å². The number of hydrogen-bond donors (Lipinski definition) is 1. The van der Waals surface area contributed by atoms with Crippen molar-refractivity contribution in [2.75, 3.05) is 12.8 Å². The maximum Gasteiger partial charge on any atom is 0.254 e. The number of benzene rings is 1. The summed E-state index contributed by atoms with van der Waals surface area (Å²) in [5, 5.41) is 0.445. The lowest BCUT2D eigenvalue weighted by atomic mass is 10.2. The number of furan rings is 1. The van der Waals surface area contributed by atoms with Gasteiger partial charge >= 0.3 is 0 Å². The third-order valence-electron chi connectivity index (χ3n) is 2.78. The van der Waals surface area contributed by atoms with Crippen molar-refractivity contribution in [1.29, 1.82) is 0 Å². The van der Waals surface area contributed by atoms with Gasteiger partial charge in [-0.25, -0.2) is 0 Å². The van der Waals surface area contributed by atoms with Gasteiger partial charge in [-0.3, -0.25) is 4.79 Å². The number of rotatable bonds is 3. The monoisotopic (exact) mass is 278 g/mol. The van der Waals surface area contributed by atoms with E-state index in [1.165, 1.54) is 0 Å². The van der Waals surface area contributed by atoms with Crippen LogP contribution in [0.5, 0.6) is 0 Å². The van der Waals surface area contributed by atoms with Crippen molar-refractivity contribution in [2.24, 2.45) is 0 Å². The highest BCUT2D eigenvalue weighted by atomic mass is 35.5. The van der Waals surface area contributed by atoms with Crippen LogP contribution in [0.3, 0.4) is 0 Å². The van der Waals surface area contributed by atoms with Crippen molar-refractivity contribution in [1.82, 2.24) is 4.90 Å². The summed E-state index contributed by atoms with van der Waals surface area (Å²) in [5.41, 5.74) is 6.60. The van der Waals surface area contributed by atoms with E-state index in [9.17, 15) is 4.79 Å². The molecule has 0 aliphatic heterocycles. The van der Waals surface area contributed by atoms with E-state index in [0.717, 1.165) is 11.5 Å². The van der Waals surface area contributed by atoms with Crippen molar-refractivity contribution in [3.05, 3.63) is 52.4 Å². The molecule has 0 saturated carbocycles. The average molecular weight is 279 g/mol. The molecule has 2 rings (SSSR count). The van der Waals surface area contributed by atoms with Gasteiger partial charge in [0, 0.05) is 12.6 Å². The molecule has 4 nitrogen and oxygen atoms in total. The van der Waals surface area contributed by atoms with Gasteiger partial charge in [0.1, 0.15) is 11.5 Å². The molecule has 1 heterocycles. The topological polar surface area (TPSA) is 59.5 Å². The van der Waals surface area contributed by atoms with Crippen LogP contribution in [0.2, 0.25) is 5.02 Å². The summed E-state index contributed by atoms with van der Waals surface area (Å²) >= 11 is 5.83. The maximum absolute atomic E-state index is 12.2. The molecular formula is C14H15ClN2O2. The van der Waals surface area contributed by atoms with Crippen LogP contribution in [0.15, 0.2) is 34.7 Å². The lowest BCUT2D eigenvalue weighted by molar-refractivity contribution is 0.0775. The van der Waals surface area contributed by atoms with Crippen molar-refractivity contribution in [3.63, 3.8) is 0 Å². The van der Waals surface area contributed by atoms with Gasteiger partial charge in [-0.15, -0.1) is 0 Å². The number of amides is 1. The number of anilines is 1. The van der Waals surface area contributed by atoms with Crippen LogP contribution >= 0.6 is 11.6 Å². The Labute approximate surface area is 116 Å². The summed E-state index contributed by atoms with van der Waals surface area (Å²) in [6.45, 7) is 2.28. The molecule has 0 saturated heterocycles. The van der Waals surface area contributed by atoms with Crippen molar-refractivity contribution < 1.29 is 9.21 Å². The molecular weight excluding hydrogens is 264 g/mol. The lowest BCUT2D eigenvalue weighted by Crippen LogP contribution is -2.26. The Morgan fingerprint density at radius 1 is 1.37 bits per heavy atom. The minimum absolute atomic E-state index is 0.127. The van der Waals surface area contributed by atoms with E-state index in [0.29, 0.717) is 22.8 Å². The largest absolute Gasteiger partial charge is 0.464 e. The standard InChI is InChI=1S/C14H15ClN2O2/c1-9-3-5-11(19-9)8-17(2)14(18)10-4-6-12(15)13(16)7-10/h3-7H,8,16H2,1-2H3. The molecule has 0 aliphatic carbocycles. The number of hydrogen-bond acceptors (Lipinski definition) is 3. The predicted molar refractivity (Wildman–Crippen MR) is 75.1 cm³/mol. The fourth-order valence-corrected chi connectivity index (χ4v) is 1.89. The molecule has 1 aromatic carbocycles. The molecule has 1 amide bonds. The van der Waals surface area contributed by atoms with Crippen LogP contribution in [0.4, 0.5) is 5.69 Å². The fourth-order valence-electron chi connectivity index (χ4n) is 1.77. The first kappa shape index (κ1) is 13.5. The zero-order chi connectivity index (χ0) is 14.0. The Kier molecular flexibility index (Phi) is 3.81. The number of carbonyl (C=O) groups is 1. The van der Waals surface area contributed by atoms with Crippen molar-refractivity contribution in [2.45, 2.75) is 13.5 Å². The van der Waals surface area contributed by atoms with Crippen LogP contribution in [0.1, 0.15) is 21.9 Å². The third kappa shape index (κ3) is 3.09. The zero-order valence-electron chi connectivity index (χ0n) is 10.8. The molecule has 2 N–H and O–H groups in total. The van der Waals surface area contributed by atoms with Crippen molar-refractivity contribution >= 4 is 23.2 Å². The Balaban J connectivity index is 2.12.